The number of rotatable bonds is 9. The lowest BCUT2D eigenvalue weighted by molar-refractivity contribution is 0.486. The quantitative estimate of drug-likeness (QED) is 0.439. The molecular weight excluding hydrogens is 170 g/mol. The predicted octanol–water partition coefficient (Wildman–Crippen LogP) is 3.35. The second-order valence-corrected chi connectivity index (χ2v) is 4.01. The Labute approximate surface area is 89.7 Å². The van der Waals surface area contributed by atoms with Gasteiger partial charge in [-0.05, 0) is 13.3 Å². The fourth-order valence-corrected chi connectivity index (χ4v) is 1.55. The number of hydrogen-bond donors (Lipinski definition) is 1. The van der Waals surface area contributed by atoms with Gasteiger partial charge in [-0.25, -0.2) is 0 Å². The minimum Gasteiger partial charge on any atom is -0.313 e. The summed E-state index contributed by atoms with van der Waals surface area (Å²) in [5.74, 6) is 2.64. The summed E-state index contributed by atoms with van der Waals surface area (Å²) < 4.78 is 0. The van der Waals surface area contributed by atoms with Crippen LogP contribution in [0.15, 0.2) is 0 Å². The summed E-state index contributed by atoms with van der Waals surface area (Å²) in [6, 6.07) is 0.630. The Morgan fingerprint density at radius 3 is 2.57 bits per heavy atom. The summed E-state index contributed by atoms with van der Waals surface area (Å²) in [5, 5.41) is 3.43. The smallest absolute Gasteiger partial charge is 0.0211 e. The van der Waals surface area contributed by atoms with E-state index in [0.29, 0.717) is 6.04 Å². The summed E-state index contributed by atoms with van der Waals surface area (Å²) in [7, 11) is 0. The van der Waals surface area contributed by atoms with E-state index in [4.69, 9.17) is 6.42 Å². The van der Waals surface area contributed by atoms with E-state index in [9.17, 15) is 0 Å². The van der Waals surface area contributed by atoms with Crippen molar-refractivity contribution in [3.8, 4) is 12.3 Å². The van der Waals surface area contributed by atoms with Crippen molar-refractivity contribution in [1.29, 1.82) is 0 Å². The van der Waals surface area contributed by atoms with Crippen LogP contribution in [0.4, 0.5) is 0 Å². The fourth-order valence-electron chi connectivity index (χ4n) is 1.55. The van der Waals surface area contributed by atoms with Crippen molar-refractivity contribution >= 4 is 0 Å². The van der Waals surface area contributed by atoms with E-state index in [0.717, 1.165) is 13.0 Å². The molecule has 0 saturated heterocycles. The second kappa shape index (κ2) is 10.6. The average molecular weight is 195 g/mol. The molecule has 1 heteroatoms. The third-order valence-electron chi connectivity index (χ3n) is 2.50. The highest BCUT2D eigenvalue weighted by molar-refractivity contribution is 4.84. The summed E-state index contributed by atoms with van der Waals surface area (Å²) >= 11 is 0. The number of unbranched alkanes of at least 4 members (excludes halogenated alkanes) is 4. The maximum atomic E-state index is 5.18. The average Bonchev–Trinajstić information content (AvgIpc) is 2.18. The van der Waals surface area contributed by atoms with Crippen LogP contribution in [0.3, 0.4) is 0 Å². The molecule has 0 aliphatic rings. The topological polar surface area (TPSA) is 12.0 Å². The first-order chi connectivity index (χ1) is 6.81. The summed E-state index contributed by atoms with van der Waals surface area (Å²) in [6.07, 6.45) is 14.2. The highest BCUT2D eigenvalue weighted by Gasteiger charge is 1.99. The zero-order chi connectivity index (χ0) is 10.6. The maximum absolute atomic E-state index is 5.18. The SMILES string of the molecule is C#CCCNC(C)CCCCCCC. The molecule has 1 atom stereocenters. The van der Waals surface area contributed by atoms with Crippen LogP contribution in [-0.4, -0.2) is 12.6 Å². The molecule has 0 aliphatic heterocycles. The third-order valence-corrected chi connectivity index (χ3v) is 2.50. The highest BCUT2D eigenvalue weighted by atomic mass is 14.9. The van der Waals surface area contributed by atoms with E-state index < -0.39 is 0 Å². The van der Waals surface area contributed by atoms with Gasteiger partial charge in [-0.1, -0.05) is 39.0 Å². The van der Waals surface area contributed by atoms with E-state index >= 15 is 0 Å². The van der Waals surface area contributed by atoms with Crippen LogP contribution < -0.4 is 5.32 Å². The van der Waals surface area contributed by atoms with Crippen LogP contribution in [0, 0.1) is 12.3 Å². The Morgan fingerprint density at radius 1 is 1.21 bits per heavy atom. The molecule has 0 bridgehead atoms. The lowest BCUT2D eigenvalue weighted by atomic mass is 10.1. The molecule has 1 unspecified atom stereocenters. The molecule has 0 heterocycles. The van der Waals surface area contributed by atoms with Crippen LogP contribution in [-0.2, 0) is 0 Å². The molecule has 0 fully saturated rings. The van der Waals surface area contributed by atoms with Gasteiger partial charge in [0.25, 0.3) is 0 Å². The van der Waals surface area contributed by atoms with Crippen LogP contribution >= 0.6 is 0 Å². The van der Waals surface area contributed by atoms with Gasteiger partial charge in [0.2, 0.25) is 0 Å². The normalized spacial score (nSPS) is 12.4. The Bertz CT molecular complexity index is 146. The largest absolute Gasteiger partial charge is 0.313 e. The van der Waals surface area contributed by atoms with Crippen molar-refractivity contribution in [2.75, 3.05) is 6.54 Å². The van der Waals surface area contributed by atoms with Crippen LogP contribution in [0.5, 0.6) is 0 Å². The number of nitrogens with one attached hydrogen (secondary N) is 1. The molecule has 0 aromatic rings. The molecule has 0 radical (unpaired) electrons. The van der Waals surface area contributed by atoms with Gasteiger partial charge in [0.05, 0.1) is 0 Å². The second-order valence-electron chi connectivity index (χ2n) is 4.01. The Kier molecular flexibility index (Phi) is 10.2. The van der Waals surface area contributed by atoms with E-state index in [2.05, 4.69) is 25.1 Å². The van der Waals surface area contributed by atoms with Gasteiger partial charge in [-0.3, -0.25) is 0 Å². The van der Waals surface area contributed by atoms with Crippen molar-refractivity contribution in [2.45, 2.75) is 64.8 Å². The van der Waals surface area contributed by atoms with Gasteiger partial charge in [0, 0.05) is 19.0 Å². The molecule has 14 heavy (non-hydrogen) atoms. The minimum atomic E-state index is 0.630. The molecule has 0 saturated carbocycles. The first-order valence-electron chi connectivity index (χ1n) is 5.98. The molecule has 0 spiro atoms. The number of terminal acetylenes is 1. The first-order valence-corrected chi connectivity index (χ1v) is 5.98. The summed E-state index contributed by atoms with van der Waals surface area (Å²) in [6.45, 7) is 5.47. The molecule has 1 nitrogen and oxygen atoms in total. The third kappa shape index (κ3) is 9.61. The Hall–Kier alpha value is -0.480. The van der Waals surface area contributed by atoms with Gasteiger partial charge in [0.1, 0.15) is 0 Å². The molecule has 82 valence electrons. The fraction of sp³-hybridized carbons (Fsp3) is 0.846. The maximum Gasteiger partial charge on any atom is 0.0211 e. The van der Waals surface area contributed by atoms with Gasteiger partial charge in [0.15, 0.2) is 0 Å². The molecular formula is C13H25N. The molecule has 0 rings (SSSR count). The van der Waals surface area contributed by atoms with Crippen LogP contribution in [0.1, 0.15) is 58.8 Å². The van der Waals surface area contributed by atoms with E-state index in [1.54, 1.807) is 0 Å². The van der Waals surface area contributed by atoms with Crippen molar-refractivity contribution in [3.05, 3.63) is 0 Å². The van der Waals surface area contributed by atoms with Crippen molar-refractivity contribution in [2.24, 2.45) is 0 Å². The van der Waals surface area contributed by atoms with Crippen LogP contribution in [0.25, 0.3) is 0 Å². The lowest BCUT2D eigenvalue weighted by Gasteiger charge is -2.12. The van der Waals surface area contributed by atoms with Gasteiger partial charge < -0.3 is 5.32 Å². The van der Waals surface area contributed by atoms with Crippen LogP contribution in [0.2, 0.25) is 0 Å². The van der Waals surface area contributed by atoms with Crippen molar-refractivity contribution in [1.82, 2.24) is 5.32 Å². The zero-order valence-electron chi connectivity index (χ0n) is 9.81. The Balaban J connectivity index is 3.10. The van der Waals surface area contributed by atoms with Crippen molar-refractivity contribution in [3.63, 3.8) is 0 Å². The molecule has 1 N–H and O–H groups in total. The Morgan fingerprint density at radius 2 is 1.93 bits per heavy atom. The minimum absolute atomic E-state index is 0.630. The van der Waals surface area contributed by atoms with Crippen molar-refractivity contribution < 1.29 is 0 Å². The summed E-state index contributed by atoms with van der Waals surface area (Å²) in [5.41, 5.74) is 0. The number of hydrogen-bond acceptors (Lipinski definition) is 1. The van der Waals surface area contributed by atoms with E-state index in [1.165, 1.54) is 38.5 Å². The molecule has 0 amide bonds. The monoisotopic (exact) mass is 195 g/mol. The molecule has 0 aliphatic carbocycles. The predicted molar refractivity (Wildman–Crippen MR) is 64.3 cm³/mol. The lowest BCUT2D eigenvalue weighted by Crippen LogP contribution is -2.26. The van der Waals surface area contributed by atoms with E-state index in [1.807, 2.05) is 0 Å². The highest BCUT2D eigenvalue weighted by Crippen LogP contribution is 2.06. The summed E-state index contributed by atoms with van der Waals surface area (Å²) in [4.78, 5) is 0. The molecule has 0 aromatic carbocycles. The first kappa shape index (κ1) is 13.5. The van der Waals surface area contributed by atoms with E-state index in [-0.39, 0.29) is 0 Å². The van der Waals surface area contributed by atoms with Gasteiger partial charge >= 0.3 is 0 Å². The molecule has 0 aromatic heterocycles. The standard InChI is InChI=1S/C13H25N/c1-4-6-8-9-10-11-13(3)14-12-7-5-2/h2,13-14H,4,6-12H2,1,3H3. The zero-order valence-corrected chi connectivity index (χ0v) is 9.81. The van der Waals surface area contributed by atoms with Gasteiger partial charge in [-0.2, -0.15) is 0 Å². The van der Waals surface area contributed by atoms with Gasteiger partial charge in [-0.15, -0.1) is 12.3 Å².